The molecule has 1 N–H and O–H groups in total. The van der Waals surface area contributed by atoms with E-state index in [9.17, 15) is 0 Å². The Hall–Kier alpha value is -0.740. The molecule has 0 aliphatic heterocycles. The second-order valence-corrected chi connectivity index (χ2v) is 5.38. The molecule has 0 aromatic heterocycles. The van der Waals surface area contributed by atoms with E-state index in [2.05, 4.69) is 41.2 Å². The van der Waals surface area contributed by atoms with Crippen molar-refractivity contribution in [1.82, 2.24) is 5.32 Å². The van der Waals surface area contributed by atoms with Crippen LogP contribution in [0.5, 0.6) is 11.5 Å². The fourth-order valence-corrected chi connectivity index (χ4v) is 2.71. The zero-order valence-corrected chi connectivity index (χ0v) is 13.8. The molecule has 1 rings (SSSR count). The van der Waals surface area contributed by atoms with E-state index < -0.39 is 0 Å². The maximum Gasteiger partial charge on any atom is 0.161 e. The third-order valence-electron chi connectivity index (χ3n) is 3.10. The molecule has 0 bridgehead atoms. The second kappa shape index (κ2) is 8.43. The molecular formula is C15H24BrNO2. The van der Waals surface area contributed by atoms with E-state index in [0.29, 0.717) is 6.04 Å². The van der Waals surface area contributed by atoms with Crippen LogP contribution in [0.2, 0.25) is 0 Å². The average molecular weight is 330 g/mol. The van der Waals surface area contributed by atoms with E-state index in [4.69, 9.17) is 9.47 Å². The maximum absolute atomic E-state index is 5.39. The van der Waals surface area contributed by atoms with Crippen molar-refractivity contribution < 1.29 is 9.47 Å². The first-order chi connectivity index (χ1) is 9.17. The molecule has 3 nitrogen and oxygen atoms in total. The number of nitrogens with one attached hydrogen (secondary N) is 1. The number of methoxy groups -OCH3 is 2. The Bertz CT molecular complexity index is 396. The lowest BCUT2D eigenvalue weighted by Gasteiger charge is -2.21. The number of rotatable bonds is 8. The smallest absolute Gasteiger partial charge is 0.161 e. The minimum Gasteiger partial charge on any atom is -0.493 e. The summed E-state index contributed by atoms with van der Waals surface area (Å²) in [7, 11) is 3.33. The lowest BCUT2D eigenvalue weighted by atomic mass is 10.0. The molecule has 1 aromatic rings. The van der Waals surface area contributed by atoms with Gasteiger partial charge in [-0.3, -0.25) is 0 Å². The summed E-state index contributed by atoms with van der Waals surface area (Å²) < 4.78 is 11.8. The summed E-state index contributed by atoms with van der Waals surface area (Å²) in [6.45, 7) is 5.40. The maximum atomic E-state index is 5.39. The van der Waals surface area contributed by atoms with Crippen molar-refractivity contribution in [2.45, 2.75) is 39.2 Å². The quantitative estimate of drug-likeness (QED) is 0.770. The molecule has 0 amide bonds. The highest BCUT2D eigenvalue weighted by atomic mass is 79.9. The fourth-order valence-electron chi connectivity index (χ4n) is 2.11. The average Bonchev–Trinajstić information content (AvgIpc) is 2.43. The van der Waals surface area contributed by atoms with Crippen molar-refractivity contribution in [3.8, 4) is 11.5 Å². The van der Waals surface area contributed by atoms with Crippen LogP contribution in [0.1, 0.15) is 44.7 Å². The SMILES string of the molecule is CCCNC(CCC)c1cc(OC)c(OC)cc1Br. The Morgan fingerprint density at radius 3 is 2.26 bits per heavy atom. The number of hydrogen-bond donors (Lipinski definition) is 1. The number of benzene rings is 1. The van der Waals surface area contributed by atoms with Crippen LogP contribution < -0.4 is 14.8 Å². The van der Waals surface area contributed by atoms with Crippen molar-refractivity contribution in [1.29, 1.82) is 0 Å². The fraction of sp³-hybridized carbons (Fsp3) is 0.600. The normalized spacial score (nSPS) is 12.3. The first-order valence-electron chi connectivity index (χ1n) is 6.82. The van der Waals surface area contributed by atoms with Gasteiger partial charge < -0.3 is 14.8 Å². The van der Waals surface area contributed by atoms with Crippen molar-refractivity contribution >= 4 is 15.9 Å². The Morgan fingerprint density at radius 2 is 1.74 bits per heavy atom. The number of halogens is 1. The summed E-state index contributed by atoms with van der Waals surface area (Å²) in [5, 5.41) is 3.59. The van der Waals surface area contributed by atoms with Crippen molar-refractivity contribution in [2.24, 2.45) is 0 Å². The van der Waals surface area contributed by atoms with E-state index in [1.807, 2.05) is 6.07 Å². The van der Waals surface area contributed by atoms with E-state index >= 15 is 0 Å². The molecule has 1 aromatic carbocycles. The summed E-state index contributed by atoms with van der Waals surface area (Å²) in [5.41, 5.74) is 1.23. The summed E-state index contributed by atoms with van der Waals surface area (Å²) >= 11 is 3.64. The van der Waals surface area contributed by atoms with Gasteiger partial charge in [0.05, 0.1) is 14.2 Å². The van der Waals surface area contributed by atoms with Gasteiger partial charge in [-0.25, -0.2) is 0 Å². The van der Waals surface area contributed by atoms with Crippen LogP contribution >= 0.6 is 15.9 Å². The van der Waals surface area contributed by atoms with Gasteiger partial charge in [0.2, 0.25) is 0 Å². The monoisotopic (exact) mass is 329 g/mol. The predicted octanol–water partition coefficient (Wildman–Crippen LogP) is 4.31. The molecule has 0 heterocycles. The third kappa shape index (κ3) is 4.39. The summed E-state index contributed by atoms with van der Waals surface area (Å²) in [4.78, 5) is 0. The van der Waals surface area contributed by atoms with E-state index in [1.165, 1.54) is 5.56 Å². The molecule has 0 aliphatic carbocycles. The Balaban J connectivity index is 3.07. The molecule has 0 fully saturated rings. The minimum atomic E-state index is 0.346. The summed E-state index contributed by atoms with van der Waals surface area (Å²) in [6.07, 6.45) is 3.38. The topological polar surface area (TPSA) is 30.5 Å². The van der Waals surface area contributed by atoms with Gasteiger partial charge in [-0.2, -0.15) is 0 Å². The van der Waals surface area contributed by atoms with E-state index in [-0.39, 0.29) is 0 Å². The molecular weight excluding hydrogens is 306 g/mol. The number of ether oxygens (including phenoxy) is 2. The zero-order chi connectivity index (χ0) is 14.3. The van der Waals surface area contributed by atoms with Crippen LogP contribution in [0.25, 0.3) is 0 Å². The largest absolute Gasteiger partial charge is 0.493 e. The first kappa shape index (κ1) is 16.3. The molecule has 4 heteroatoms. The lowest BCUT2D eigenvalue weighted by Crippen LogP contribution is -2.22. The molecule has 0 saturated carbocycles. The van der Waals surface area contributed by atoms with E-state index in [0.717, 1.165) is 41.8 Å². The molecule has 0 radical (unpaired) electrons. The zero-order valence-electron chi connectivity index (χ0n) is 12.3. The van der Waals surface area contributed by atoms with Gasteiger partial charge in [0.1, 0.15) is 0 Å². The summed E-state index contributed by atoms with van der Waals surface area (Å²) in [6, 6.07) is 4.38. The van der Waals surface area contributed by atoms with Gasteiger partial charge in [-0.1, -0.05) is 36.2 Å². The highest BCUT2D eigenvalue weighted by Crippen LogP contribution is 2.37. The Morgan fingerprint density at radius 1 is 1.11 bits per heavy atom. The van der Waals surface area contributed by atoms with Crippen molar-refractivity contribution in [2.75, 3.05) is 20.8 Å². The van der Waals surface area contributed by atoms with Gasteiger partial charge in [-0.05, 0) is 37.1 Å². The number of hydrogen-bond acceptors (Lipinski definition) is 3. The van der Waals surface area contributed by atoms with Crippen LogP contribution in [0.4, 0.5) is 0 Å². The molecule has 0 spiro atoms. The standard InChI is InChI=1S/C15H24BrNO2/c1-5-7-13(17-8-6-2)11-9-14(18-3)15(19-4)10-12(11)16/h9-10,13,17H,5-8H2,1-4H3. The van der Waals surface area contributed by atoms with Crippen LogP contribution in [0, 0.1) is 0 Å². The Labute approximate surface area is 124 Å². The van der Waals surface area contributed by atoms with Crippen LogP contribution in [-0.2, 0) is 0 Å². The van der Waals surface area contributed by atoms with Gasteiger partial charge in [0, 0.05) is 10.5 Å². The van der Waals surface area contributed by atoms with Gasteiger partial charge in [0.25, 0.3) is 0 Å². The highest BCUT2D eigenvalue weighted by molar-refractivity contribution is 9.10. The van der Waals surface area contributed by atoms with Crippen LogP contribution in [0.3, 0.4) is 0 Å². The third-order valence-corrected chi connectivity index (χ3v) is 3.78. The lowest BCUT2D eigenvalue weighted by molar-refractivity contribution is 0.353. The van der Waals surface area contributed by atoms with Crippen molar-refractivity contribution in [3.63, 3.8) is 0 Å². The van der Waals surface area contributed by atoms with E-state index in [1.54, 1.807) is 14.2 Å². The molecule has 0 aliphatic rings. The molecule has 1 unspecified atom stereocenters. The van der Waals surface area contributed by atoms with Crippen molar-refractivity contribution in [3.05, 3.63) is 22.2 Å². The molecule has 19 heavy (non-hydrogen) atoms. The summed E-state index contributed by atoms with van der Waals surface area (Å²) in [5.74, 6) is 1.53. The second-order valence-electron chi connectivity index (χ2n) is 4.52. The highest BCUT2D eigenvalue weighted by Gasteiger charge is 2.17. The molecule has 0 saturated heterocycles. The van der Waals surface area contributed by atoms with Crippen LogP contribution in [0.15, 0.2) is 16.6 Å². The Kier molecular flexibility index (Phi) is 7.24. The van der Waals surface area contributed by atoms with Gasteiger partial charge in [-0.15, -0.1) is 0 Å². The van der Waals surface area contributed by atoms with Gasteiger partial charge in [0.15, 0.2) is 11.5 Å². The minimum absolute atomic E-state index is 0.346. The van der Waals surface area contributed by atoms with Gasteiger partial charge >= 0.3 is 0 Å². The predicted molar refractivity (Wildman–Crippen MR) is 83.2 cm³/mol. The molecule has 1 atom stereocenters. The molecule has 108 valence electrons. The first-order valence-corrected chi connectivity index (χ1v) is 7.61. The van der Waals surface area contributed by atoms with Crippen LogP contribution in [-0.4, -0.2) is 20.8 Å².